The molecule has 0 saturated heterocycles. The van der Waals surface area contributed by atoms with Gasteiger partial charge in [0.05, 0.1) is 11.4 Å². The second-order valence-corrected chi connectivity index (χ2v) is 5.10. The molecule has 96 valence electrons. The van der Waals surface area contributed by atoms with E-state index in [1.807, 2.05) is 31.2 Å². The van der Waals surface area contributed by atoms with Gasteiger partial charge in [-0.05, 0) is 18.6 Å². The molecule has 0 bridgehead atoms. The van der Waals surface area contributed by atoms with Crippen LogP contribution in [0.5, 0.6) is 0 Å². The zero-order chi connectivity index (χ0) is 13.0. The smallest absolute Gasteiger partial charge is 0.240 e. The van der Waals surface area contributed by atoms with E-state index >= 15 is 0 Å². The normalized spacial score (nSPS) is 14.3. The lowest BCUT2D eigenvalue weighted by Crippen LogP contribution is -2.43. The Morgan fingerprint density at radius 1 is 1.44 bits per heavy atom. The van der Waals surface area contributed by atoms with E-state index in [0.717, 1.165) is 17.0 Å². The third kappa shape index (κ3) is 2.85. The molecule has 18 heavy (non-hydrogen) atoms. The fraction of sp³-hybridized carbons (Fsp3) is 0.385. The highest BCUT2D eigenvalue weighted by Gasteiger charge is 2.25. The van der Waals surface area contributed by atoms with Crippen LogP contribution in [0.15, 0.2) is 29.2 Å². The minimum Gasteiger partial charge on any atom is -0.355 e. The first kappa shape index (κ1) is 13.0. The predicted molar refractivity (Wildman–Crippen MR) is 72.8 cm³/mol. The first-order chi connectivity index (χ1) is 8.72. The van der Waals surface area contributed by atoms with Crippen LogP contribution in [0.1, 0.15) is 13.3 Å². The predicted octanol–water partition coefficient (Wildman–Crippen LogP) is 1.65. The summed E-state index contributed by atoms with van der Waals surface area (Å²) in [7, 11) is 0. The largest absolute Gasteiger partial charge is 0.355 e. The van der Waals surface area contributed by atoms with Gasteiger partial charge in [-0.15, -0.1) is 11.8 Å². The first-order valence-corrected chi connectivity index (χ1v) is 7.00. The number of nitrogens with one attached hydrogen (secondary N) is 1. The van der Waals surface area contributed by atoms with Crippen molar-refractivity contribution in [2.75, 3.05) is 23.7 Å². The number of thioether (sulfide) groups is 1. The van der Waals surface area contributed by atoms with Crippen molar-refractivity contribution in [3.8, 4) is 0 Å². The molecule has 1 aromatic rings. The zero-order valence-corrected chi connectivity index (χ0v) is 11.1. The monoisotopic (exact) mass is 264 g/mol. The second-order valence-electron chi connectivity index (χ2n) is 4.09. The van der Waals surface area contributed by atoms with Crippen LogP contribution in [-0.2, 0) is 9.59 Å². The molecule has 1 N–H and O–H groups in total. The third-order valence-corrected chi connectivity index (χ3v) is 3.73. The maximum Gasteiger partial charge on any atom is 0.240 e. The van der Waals surface area contributed by atoms with E-state index in [-0.39, 0.29) is 18.4 Å². The quantitative estimate of drug-likeness (QED) is 0.899. The number of hydrogen-bond acceptors (Lipinski definition) is 3. The lowest BCUT2D eigenvalue weighted by molar-refractivity contribution is -0.122. The number of carbonyl (C=O) groups is 2. The van der Waals surface area contributed by atoms with Gasteiger partial charge in [-0.25, -0.2) is 0 Å². The Bertz CT molecular complexity index is 462. The van der Waals surface area contributed by atoms with Gasteiger partial charge >= 0.3 is 0 Å². The molecule has 0 fully saturated rings. The number of benzene rings is 1. The van der Waals surface area contributed by atoms with Crippen molar-refractivity contribution >= 4 is 29.3 Å². The van der Waals surface area contributed by atoms with Crippen molar-refractivity contribution in [1.82, 2.24) is 5.32 Å². The highest BCUT2D eigenvalue weighted by atomic mass is 32.2. The minimum atomic E-state index is -0.105. The molecule has 1 aliphatic heterocycles. The molecule has 4 nitrogen and oxygen atoms in total. The van der Waals surface area contributed by atoms with Crippen LogP contribution >= 0.6 is 11.8 Å². The Kier molecular flexibility index (Phi) is 4.25. The molecule has 0 unspecified atom stereocenters. The van der Waals surface area contributed by atoms with Crippen molar-refractivity contribution in [2.45, 2.75) is 18.2 Å². The van der Waals surface area contributed by atoms with Crippen LogP contribution in [0, 0.1) is 0 Å². The summed E-state index contributed by atoms with van der Waals surface area (Å²) >= 11 is 1.52. The van der Waals surface area contributed by atoms with Crippen molar-refractivity contribution < 1.29 is 9.59 Å². The summed E-state index contributed by atoms with van der Waals surface area (Å²) in [5.41, 5.74) is 0.838. The van der Waals surface area contributed by atoms with Gasteiger partial charge < -0.3 is 10.2 Å². The number of amides is 2. The van der Waals surface area contributed by atoms with E-state index in [1.54, 1.807) is 4.90 Å². The molecule has 1 aromatic carbocycles. The third-order valence-electron chi connectivity index (χ3n) is 2.68. The maximum atomic E-state index is 11.9. The van der Waals surface area contributed by atoms with Crippen molar-refractivity contribution in [1.29, 1.82) is 0 Å². The first-order valence-electron chi connectivity index (χ1n) is 6.01. The van der Waals surface area contributed by atoms with Crippen LogP contribution in [0.4, 0.5) is 5.69 Å². The fourth-order valence-corrected chi connectivity index (χ4v) is 2.73. The fourth-order valence-electron chi connectivity index (χ4n) is 1.79. The maximum absolute atomic E-state index is 11.9. The molecule has 0 radical (unpaired) electrons. The Balaban J connectivity index is 2.12. The zero-order valence-electron chi connectivity index (χ0n) is 10.3. The SMILES string of the molecule is CCCNC(=O)CN1C(=O)CSc2ccccc21. The number of nitrogens with zero attached hydrogens (tertiary/aromatic N) is 1. The molecule has 0 aliphatic carbocycles. The van der Waals surface area contributed by atoms with Crippen LogP contribution in [0.3, 0.4) is 0 Å². The van der Waals surface area contributed by atoms with E-state index in [2.05, 4.69) is 5.32 Å². The van der Waals surface area contributed by atoms with Crippen LogP contribution in [-0.4, -0.2) is 30.7 Å². The van der Waals surface area contributed by atoms with Gasteiger partial charge in [-0.1, -0.05) is 19.1 Å². The molecule has 1 heterocycles. The molecule has 2 rings (SSSR count). The summed E-state index contributed by atoms with van der Waals surface area (Å²) in [6.45, 7) is 2.76. The Labute approximate surface area is 111 Å². The van der Waals surface area contributed by atoms with E-state index in [0.29, 0.717) is 12.3 Å². The summed E-state index contributed by atoms with van der Waals surface area (Å²) in [5, 5.41) is 2.79. The van der Waals surface area contributed by atoms with E-state index in [1.165, 1.54) is 11.8 Å². The van der Waals surface area contributed by atoms with E-state index < -0.39 is 0 Å². The summed E-state index contributed by atoms with van der Waals surface area (Å²) in [6, 6.07) is 7.68. The van der Waals surface area contributed by atoms with Crippen molar-refractivity contribution in [2.24, 2.45) is 0 Å². The van der Waals surface area contributed by atoms with E-state index in [4.69, 9.17) is 0 Å². The van der Waals surface area contributed by atoms with Crippen molar-refractivity contribution in [3.05, 3.63) is 24.3 Å². The van der Waals surface area contributed by atoms with Gasteiger partial charge in [0.15, 0.2) is 0 Å². The summed E-state index contributed by atoms with van der Waals surface area (Å²) in [6.07, 6.45) is 0.895. The number of para-hydroxylation sites is 1. The number of anilines is 1. The number of hydrogen-bond donors (Lipinski definition) is 1. The highest BCUT2D eigenvalue weighted by molar-refractivity contribution is 8.00. The standard InChI is InChI=1S/C13H16N2O2S/c1-2-7-14-12(16)8-15-10-5-3-4-6-11(10)18-9-13(15)17/h3-6H,2,7-9H2,1H3,(H,14,16). The highest BCUT2D eigenvalue weighted by Crippen LogP contribution is 2.34. The van der Waals surface area contributed by atoms with Gasteiger partial charge in [-0.3, -0.25) is 9.59 Å². The topological polar surface area (TPSA) is 49.4 Å². The molecule has 0 spiro atoms. The van der Waals surface area contributed by atoms with Gasteiger partial charge in [-0.2, -0.15) is 0 Å². The summed E-state index contributed by atoms with van der Waals surface area (Å²) in [5.74, 6) is 0.287. The van der Waals surface area contributed by atoms with Crippen molar-refractivity contribution in [3.63, 3.8) is 0 Å². The molecule has 1 aliphatic rings. The number of rotatable bonds is 4. The Morgan fingerprint density at radius 2 is 2.22 bits per heavy atom. The molecular weight excluding hydrogens is 248 g/mol. The lowest BCUT2D eigenvalue weighted by Gasteiger charge is -2.28. The average molecular weight is 264 g/mol. The molecule has 5 heteroatoms. The van der Waals surface area contributed by atoms with Crippen LogP contribution < -0.4 is 10.2 Å². The lowest BCUT2D eigenvalue weighted by atomic mass is 10.2. The number of fused-ring (bicyclic) bond motifs is 1. The van der Waals surface area contributed by atoms with Gasteiger partial charge in [0.25, 0.3) is 0 Å². The molecular formula is C13H16N2O2S. The summed E-state index contributed by atoms with van der Waals surface area (Å²) < 4.78 is 0. The molecule has 2 amide bonds. The van der Waals surface area contributed by atoms with E-state index in [9.17, 15) is 9.59 Å². The van der Waals surface area contributed by atoms with Gasteiger partial charge in [0.2, 0.25) is 11.8 Å². The summed E-state index contributed by atoms with van der Waals surface area (Å²) in [4.78, 5) is 26.2. The number of carbonyl (C=O) groups excluding carboxylic acids is 2. The molecule has 0 saturated carbocycles. The van der Waals surface area contributed by atoms with Crippen LogP contribution in [0.25, 0.3) is 0 Å². The van der Waals surface area contributed by atoms with Gasteiger partial charge in [0, 0.05) is 11.4 Å². The average Bonchev–Trinajstić information content (AvgIpc) is 2.40. The Morgan fingerprint density at radius 3 is 3.00 bits per heavy atom. The molecule has 0 atom stereocenters. The molecule has 0 aromatic heterocycles. The van der Waals surface area contributed by atoms with Gasteiger partial charge in [0.1, 0.15) is 6.54 Å². The Hall–Kier alpha value is -1.49. The minimum absolute atomic E-state index is 0.00894. The second kappa shape index (κ2) is 5.91. The van der Waals surface area contributed by atoms with Crippen LogP contribution in [0.2, 0.25) is 0 Å².